The Morgan fingerprint density at radius 2 is 1.20 bits per heavy atom. The second-order valence-electron chi connectivity index (χ2n) is 9.46. The van der Waals surface area contributed by atoms with E-state index in [0.717, 1.165) is 48.0 Å². The maximum absolute atomic E-state index is 14.8. The Kier molecular flexibility index (Phi) is 11.9. The first kappa shape index (κ1) is 27.0. The standard InChI is InChI=1S/C31H42FNO2/c1-3-5-7-9-11-13-19-34-28-18-17-25-21-27(16-15-26(25)22-28)31-30(32)23-29(24-33-31)35-20-14-12-10-8-6-4-2/h15-18,21-24H,3-14,19-20H2,1-2H3. The molecule has 3 nitrogen and oxygen atoms in total. The van der Waals surface area contributed by atoms with Crippen LogP contribution in [0, 0.1) is 5.82 Å². The first-order valence-electron chi connectivity index (χ1n) is 13.7. The fraction of sp³-hybridized carbons (Fsp3) is 0.516. The number of halogens is 1. The summed E-state index contributed by atoms with van der Waals surface area (Å²) in [7, 11) is 0. The maximum Gasteiger partial charge on any atom is 0.153 e. The summed E-state index contributed by atoms with van der Waals surface area (Å²) in [5.41, 5.74) is 1.11. The lowest BCUT2D eigenvalue weighted by Gasteiger charge is -2.10. The van der Waals surface area contributed by atoms with Crippen molar-refractivity contribution in [1.82, 2.24) is 4.98 Å². The van der Waals surface area contributed by atoms with Crippen LogP contribution in [0.25, 0.3) is 22.0 Å². The van der Waals surface area contributed by atoms with Gasteiger partial charge in [0.2, 0.25) is 0 Å². The van der Waals surface area contributed by atoms with Crippen LogP contribution in [0.4, 0.5) is 4.39 Å². The minimum atomic E-state index is -0.358. The van der Waals surface area contributed by atoms with Crippen molar-refractivity contribution >= 4 is 10.8 Å². The molecule has 0 spiro atoms. The summed E-state index contributed by atoms with van der Waals surface area (Å²) in [5, 5.41) is 2.12. The summed E-state index contributed by atoms with van der Waals surface area (Å²) >= 11 is 0. The van der Waals surface area contributed by atoms with Crippen LogP contribution in [-0.2, 0) is 0 Å². The molecule has 0 aliphatic carbocycles. The van der Waals surface area contributed by atoms with Gasteiger partial charge in [0.1, 0.15) is 17.2 Å². The third-order valence-corrected chi connectivity index (χ3v) is 6.43. The SMILES string of the molecule is CCCCCCCCOc1cnc(-c2ccc3cc(OCCCCCCCC)ccc3c2)c(F)c1. The summed E-state index contributed by atoms with van der Waals surface area (Å²) in [6, 6.07) is 13.4. The molecule has 0 aliphatic heterocycles. The highest BCUT2D eigenvalue weighted by molar-refractivity contribution is 5.88. The maximum atomic E-state index is 14.8. The number of nitrogens with zero attached hydrogens (tertiary/aromatic N) is 1. The lowest BCUT2D eigenvalue weighted by atomic mass is 10.0. The Bertz CT molecular complexity index is 1020. The Morgan fingerprint density at radius 3 is 1.86 bits per heavy atom. The Balaban J connectivity index is 1.51. The molecule has 0 bridgehead atoms. The molecule has 0 saturated heterocycles. The predicted octanol–water partition coefficient (Wildman–Crippen LogP) is 9.52. The van der Waals surface area contributed by atoms with E-state index in [-0.39, 0.29) is 5.82 Å². The van der Waals surface area contributed by atoms with Crippen molar-refractivity contribution in [2.45, 2.75) is 90.9 Å². The number of aromatic nitrogens is 1. The number of unbranched alkanes of at least 4 members (excludes halogenated alkanes) is 10. The van der Waals surface area contributed by atoms with Gasteiger partial charge in [-0.1, -0.05) is 96.3 Å². The molecule has 3 aromatic rings. The normalized spacial score (nSPS) is 11.2. The van der Waals surface area contributed by atoms with E-state index >= 15 is 0 Å². The van der Waals surface area contributed by atoms with Crippen LogP contribution in [0.1, 0.15) is 90.9 Å². The predicted molar refractivity (Wildman–Crippen MR) is 145 cm³/mol. The van der Waals surface area contributed by atoms with Gasteiger partial charge >= 0.3 is 0 Å². The zero-order chi connectivity index (χ0) is 24.7. The molecular weight excluding hydrogens is 437 g/mol. The van der Waals surface area contributed by atoms with Crippen molar-refractivity contribution in [3.8, 4) is 22.8 Å². The van der Waals surface area contributed by atoms with Crippen LogP contribution in [-0.4, -0.2) is 18.2 Å². The number of rotatable bonds is 17. The van der Waals surface area contributed by atoms with Gasteiger partial charge in [-0.3, -0.25) is 0 Å². The average Bonchev–Trinajstić information content (AvgIpc) is 2.87. The summed E-state index contributed by atoms with van der Waals surface area (Å²) in [6.45, 7) is 5.81. The minimum absolute atomic E-state index is 0.349. The second kappa shape index (κ2) is 15.4. The smallest absolute Gasteiger partial charge is 0.153 e. The van der Waals surface area contributed by atoms with Crippen LogP contribution < -0.4 is 9.47 Å². The number of ether oxygens (including phenoxy) is 2. The molecule has 0 amide bonds. The van der Waals surface area contributed by atoms with Crippen LogP contribution in [0.3, 0.4) is 0 Å². The minimum Gasteiger partial charge on any atom is -0.494 e. The van der Waals surface area contributed by atoms with Crippen LogP contribution in [0.15, 0.2) is 48.7 Å². The van der Waals surface area contributed by atoms with Crippen molar-refractivity contribution in [2.75, 3.05) is 13.2 Å². The van der Waals surface area contributed by atoms with Gasteiger partial charge < -0.3 is 9.47 Å². The molecule has 0 aliphatic rings. The zero-order valence-electron chi connectivity index (χ0n) is 21.7. The van der Waals surface area contributed by atoms with Gasteiger partial charge in [0.15, 0.2) is 5.82 Å². The molecule has 190 valence electrons. The van der Waals surface area contributed by atoms with E-state index in [9.17, 15) is 4.39 Å². The zero-order valence-corrected chi connectivity index (χ0v) is 21.7. The van der Waals surface area contributed by atoms with E-state index in [2.05, 4.69) is 24.9 Å². The summed E-state index contributed by atoms with van der Waals surface area (Å²) in [6.07, 6.45) is 16.3. The van der Waals surface area contributed by atoms with E-state index < -0.39 is 0 Å². The number of fused-ring (bicyclic) bond motifs is 1. The third kappa shape index (κ3) is 9.16. The quantitative estimate of drug-likeness (QED) is 0.181. The van der Waals surface area contributed by atoms with E-state index in [1.54, 1.807) is 6.20 Å². The largest absolute Gasteiger partial charge is 0.494 e. The molecule has 0 saturated carbocycles. The van der Waals surface area contributed by atoms with Gasteiger partial charge in [0.25, 0.3) is 0 Å². The summed E-state index contributed by atoms with van der Waals surface area (Å²) < 4.78 is 26.5. The molecule has 1 aromatic heterocycles. The van der Waals surface area contributed by atoms with Crippen LogP contribution >= 0.6 is 0 Å². The van der Waals surface area contributed by atoms with Crippen molar-refractivity contribution in [3.63, 3.8) is 0 Å². The van der Waals surface area contributed by atoms with Crippen molar-refractivity contribution < 1.29 is 13.9 Å². The Labute approximate surface area is 211 Å². The van der Waals surface area contributed by atoms with Gasteiger partial charge in [-0.05, 0) is 41.8 Å². The number of benzene rings is 2. The van der Waals surface area contributed by atoms with Crippen molar-refractivity contribution in [3.05, 3.63) is 54.5 Å². The van der Waals surface area contributed by atoms with E-state index in [1.807, 2.05) is 30.3 Å². The lowest BCUT2D eigenvalue weighted by molar-refractivity contribution is 0.301. The molecule has 3 rings (SSSR count). The molecule has 0 atom stereocenters. The molecule has 4 heteroatoms. The van der Waals surface area contributed by atoms with Gasteiger partial charge in [0, 0.05) is 11.6 Å². The summed E-state index contributed by atoms with van der Waals surface area (Å²) in [5.74, 6) is 1.02. The summed E-state index contributed by atoms with van der Waals surface area (Å²) in [4.78, 5) is 4.36. The first-order chi connectivity index (χ1) is 17.2. The molecule has 2 aromatic carbocycles. The van der Waals surface area contributed by atoms with Crippen molar-refractivity contribution in [2.24, 2.45) is 0 Å². The number of hydrogen-bond acceptors (Lipinski definition) is 3. The van der Waals surface area contributed by atoms with Crippen molar-refractivity contribution in [1.29, 1.82) is 0 Å². The topological polar surface area (TPSA) is 31.4 Å². The first-order valence-corrected chi connectivity index (χ1v) is 13.7. The Morgan fingerprint density at radius 1 is 0.629 bits per heavy atom. The number of pyridine rings is 1. The van der Waals surface area contributed by atoms with Crippen LogP contribution in [0.5, 0.6) is 11.5 Å². The molecule has 1 heterocycles. The highest BCUT2D eigenvalue weighted by atomic mass is 19.1. The fourth-order valence-electron chi connectivity index (χ4n) is 4.32. The van der Waals surface area contributed by atoms with E-state index in [4.69, 9.17) is 9.47 Å². The van der Waals surface area contributed by atoms with Crippen LogP contribution in [0.2, 0.25) is 0 Å². The molecule has 35 heavy (non-hydrogen) atoms. The van der Waals surface area contributed by atoms with Gasteiger partial charge in [-0.25, -0.2) is 9.37 Å². The van der Waals surface area contributed by atoms with E-state index in [0.29, 0.717) is 18.1 Å². The molecular formula is C31H42FNO2. The Hall–Kier alpha value is -2.62. The monoisotopic (exact) mass is 479 g/mol. The third-order valence-electron chi connectivity index (χ3n) is 6.43. The van der Waals surface area contributed by atoms with Gasteiger partial charge in [-0.15, -0.1) is 0 Å². The molecule has 0 radical (unpaired) electrons. The lowest BCUT2D eigenvalue weighted by Crippen LogP contribution is -1.99. The molecule has 0 N–H and O–H groups in total. The van der Waals surface area contributed by atoms with Gasteiger partial charge in [-0.2, -0.15) is 0 Å². The van der Waals surface area contributed by atoms with E-state index in [1.165, 1.54) is 63.9 Å². The fourth-order valence-corrected chi connectivity index (χ4v) is 4.32. The highest BCUT2D eigenvalue weighted by Crippen LogP contribution is 2.29. The average molecular weight is 480 g/mol. The molecule has 0 fully saturated rings. The highest BCUT2D eigenvalue weighted by Gasteiger charge is 2.10. The molecule has 0 unspecified atom stereocenters. The second-order valence-corrected chi connectivity index (χ2v) is 9.46. The van der Waals surface area contributed by atoms with Gasteiger partial charge in [0.05, 0.1) is 19.4 Å². The number of hydrogen-bond donors (Lipinski definition) is 0.